The number of rotatable bonds is 2. The lowest BCUT2D eigenvalue weighted by Crippen LogP contribution is -2.42. The Balaban J connectivity index is 1.73. The van der Waals surface area contributed by atoms with Crippen LogP contribution in [0.2, 0.25) is 0 Å². The van der Waals surface area contributed by atoms with E-state index in [1.165, 1.54) is 11.3 Å². The monoisotopic (exact) mass is 276 g/mol. The molecule has 2 aromatic heterocycles. The van der Waals surface area contributed by atoms with Gasteiger partial charge in [-0.2, -0.15) is 0 Å². The predicted octanol–water partition coefficient (Wildman–Crippen LogP) is 1.15. The highest BCUT2D eigenvalue weighted by atomic mass is 32.1. The molecular formula is C12H12N4O2S. The fraction of sp³-hybridized carbons (Fsp3) is 0.333. The Hall–Kier alpha value is -1.86. The molecule has 0 bridgehead atoms. The number of hydrogen-bond donors (Lipinski definition) is 0. The normalized spacial score (nSPS) is 19.4. The molecule has 1 aliphatic rings. The zero-order valence-corrected chi connectivity index (χ0v) is 10.9. The van der Waals surface area contributed by atoms with E-state index in [-0.39, 0.29) is 12.0 Å². The van der Waals surface area contributed by atoms with E-state index in [1.807, 2.05) is 0 Å². The third-order valence-electron chi connectivity index (χ3n) is 2.92. The molecule has 2 aromatic rings. The summed E-state index contributed by atoms with van der Waals surface area (Å²) >= 11 is 1.42. The van der Waals surface area contributed by atoms with Gasteiger partial charge in [-0.1, -0.05) is 0 Å². The van der Waals surface area contributed by atoms with Crippen LogP contribution in [0.25, 0.3) is 0 Å². The third-order valence-corrected chi connectivity index (χ3v) is 3.50. The molecule has 0 unspecified atom stereocenters. The Morgan fingerprint density at radius 2 is 2.37 bits per heavy atom. The average molecular weight is 276 g/mol. The number of aromatic nitrogens is 3. The van der Waals surface area contributed by atoms with Gasteiger partial charge in [0.25, 0.3) is 5.91 Å². The number of hydrogen-bond acceptors (Lipinski definition) is 6. The van der Waals surface area contributed by atoms with Crippen LogP contribution in [0.5, 0.6) is 0 Å². The molecular weight excluding hydrogens is 264 g/mol. The zero-order valence-electron chi connectivity index (χ0n) is 10.1. The zero-order chi connectivity index (χ0) is 13.1. The Labute approximate surface area is 114 Å². The minimum absolute atomic E-state index is 0.0570. The van der Waals surface area contributed by atoms with Crippen LogP contribution in [0.1, 0.15) is 22.3 Å². The second kappa shape index (κ2) is 5.41. The molecule has 0 spiro atoms. The summed E-state index contributed by atoms with van der Waals surface area (Å²) in [6.45, 7) is 1.55. The van der Waals surface area contributed by atoms with Crippen molar-refractivity contribution in [3.05, 3.63) is 40.9 Å². The SMILES string of the molecule is O=C(c1cscn1)N1CCO[C@@H](c2cnccn2)C1. The summed E-state index contributed by atoms with van der Waals surface area (Å²) < 4.78 is 5.65. The lowest BCUT2D eigenvalue weighted by Gasteiger charge is -2.32. The number of ether oxygens (including phenoxy) is 1. The highest BCUT2D eigenvalue weighted by molar-refractivity contribution is 7.07. The minimum atomic E-state index is -0.218. The van der Waals surface area contributed by atoms with E-state index in [0.29, 0.717) is 25.4 Å². The molecule has 0 aliphatic carbocycles. The first-order chi connectivity index (χ1) is 9.34. The van der Waals surface area contributed by atoms with Crippen LogP contribution in [0.4, 0.5) is 0 Å². The smallest absolute Gasteiger partial charge is 0.273 e. The standard InChI is InChI=1S/C12H12N4O2S/c17-12(10-7-19-8-15-10)16-3-4-18-11(6-16)9-5-13-1-2-14-9/h1-2,5,7-8,11H,3-4,6H2/t11-/m1/s1. The summed E-state index contributed by atoms with van der Waals surface area (Å²) in [6.07, 6.45) is 4.69. The van der Waals surface area contributed by atoms with E-state index in [1.54, 1.807) is 34.4 Å². The molecule has 0 saturated carbocycles. The molecule has 1 amide bonds. The van der Waals surface area contributed by atoms with Gasteiger partial charge in [-0.05, 0) is 0 Å². The maximum absolute atomic E-state index is 12.2. The minimum Gasteiger partial charge on any atom is -0.368 e. The van der Waals surface area contributed by atoms with Gasteiger partial charge in [-0.25, -0.2) is 4.98 Å². The first kappa shape index (κ1) is 12.2. The number of thiazole rings is 1. The molecule has 0 radical (unpaired) electrons. The molecule has 1 fully saturated rings. The number of carbonyl (C=O) groups is 1. The Morgan fingerprint density at radius 3 is 3.11 bits per heavy atom. The predicted molar refractivity (Wildman–Crippen MR) is 68.7 cm³/mol. The maximum Gasteiger partial charge on any atom is 0.273 e. The lowest BCUT2D eigenvalue weighted by molar-refractivity contribution is -0.0250. The maximum atomic E-state index is 12.2. The van der Waals surface area contributed by atoms with Crippen molar-refractivity contribution in [2.45, 2.75) is 6.10 Å². The summed E-state index contributed by atoms with van der Waals surface area (Å²) in [5, 5.41) is 1.76. The number of morpholine rings is 1. The van der Waals surface area contributed by atoms with Gasteiger partial charge in [0.1, 0.15) is 11.8 Å². The molecule has 1 aliphatic heterocycles. The summed E-state index contributed by atoms with van der Waals surface area (Å²) in [5.74, 6) is -0.0570. The van der Waals surface area contributed by atoms with E-state index >= 15 is 0 Å². The lowest BCUT2D eigenvalue weighted by atomic mass is 10.2. The Morgan fingerprint density at radius 1 is 1.42 bits per heavy atom. The van der Waals surface area contributed by atoms with Crippen LogP contribution in [-0.4, -0.2) is 45.5 Å². The highest BCUT2D eigenvalue weighted by Gasteiger charge is 2.27. The van der Waals surface area contributed by atoms with Crippen molar-refractivity contribution in [1.29, 1.82) is 0 Å². The molecule has 0 aromatic carbocycles. The van der Waals surface area contributed by atoms with Gasteiger partial charge in [0, 0.05) is 24.3 Å². The van der Waals surface area contributed by atoms with Crippen LogP contribution >= 0.6 is 11.3 Å². The molecule has 19 heavy (non-hydrogen) atoms. The fourth-order valence-electron chi connectivity index (χ4n) is 1.97. The van der Waals surface area contributed by atoms with E-state index in [9.17, 15) is 4.79 Å². The van der Waals surface area contributed by atoms with Crippen LogP contribution < -0.4 is 0 Å². The van der Waals surface area contributed by atoms with Gasteiger partial charge in [0.15, 0.2) is 0 Å². The van der Waals surface area contributed by atoms with Gasteiger partial charge in [-0.15, -0.1) is 11.3 Å². The molecule has 1 saturated heterocycles. The van der Waals surface area contributed by atoms with E-state index in [2.05, 4.69) is 15.0 Å². The van der Waals surface area contributed by atoms with Crippen molar-refractivity contribution in [2.75, 3.05) is 19.7 Å². The van der Waals surface area contributed by atoms with Gasteiger partial charge < -0.3 is 9.64 Å². The topological polar surface area (TPSA) is 68.2 Å². The third kappa shape index (κ3) is 2.61. The average Bonchev–Trinajstić information content (AvgIpc) is 3.02. The quantitative estimate of drug-likeness (QED) is 0.823. The Kier molecular flexibility index (Phi) is 3.47. The molecule has 0 N–H and O–H groups in total. The van der Waals surface area contributed by atoms with Crippen LogP contribution in [0.3, 0.4) is 0 Å². The largest absolute Gasteiger partial charge is 0.368 e. The second-order valence-corrected chi connectivity index (χ2v) is 4.83. The fourth-order valence-corrected chi connectivity index (χ4v) is 2.50. The van der Waals surface area contributed by atoms with E-state index in [4.69, 9.17) is 4.74 Å². The molecule has 6 nitrogen and oxygen atoms in total. The summed E-state index contributed by atoms with van der Waals surface area (Å²) in [5.41, 5.74) is 2.90. The summed E-state index contributed by atoms with van der Waals surface area (Å²) in [6, 6.07) is 0. The van der Waals surface area contributed by atoms with Crippen molar-refractivity contribution in [2.24, 2.45) is 0 Å². The molecule has 3 rings (SSSR count). The van der Waals surface area contributed by atoms with Crippen LogP contribution in [-0.2, 0) is 4.74 Å². The molecule has 3 heterocycles. The van der Waals surface area contributed by atoms with E-state index < -0.39 is 0 Å². The first-order valence-corrected chi connectivity index (χ1v) is 6.84. The molecule has 1 atom stereocenters. The summed E-state index contributed by atoms with van der Waals surface area (Å²) in [4.78, 5) is 26.3. The number of carbonyl (C=O) groups excluding carboxylic acids is 1. The van der Waals surface area contributed by atoms with Crippen molar-refractivity contribution in [1.82, 2.24) is 19.9 Å². The number of amides is 1. The van der Waals surface area contributed by atoms with Crippen molar-refractivity contribution < 1.29 is 9.53 Å². The molecule has 7 heteroatoms. The van der Waals surface area contributed by atoms with Crippen molar-refractivity contribution >= 4 is 17.2 Å². The highest BCUT2D eigenvalue weighted by Crippen LogP contribution is 2.20. The van der Waals surface area contributed by atoms with E-state index in [0.717, 1.165) is 5.69 Å². The van der Waals surface area contributed by atoms with Crippen LogP contribution in [0, 0.1) is 0 Å². The van der Waals surface area contributed by atoms with Gasteiger partial charge >= 0.3 is 0 Å². The second-order valence-electron chi connectivity index (χ2n) is 4.11. The van der Waals surface area contributed by atoms with Gasteiger partial charge in [0.05, 0.1) is 30.6 Å². The van der Waals surface area contributed by atoms with Gasteiger partial charge in [-0.3, -0.25) is 14.8 Å². The Bertz CT molecular complexity index is 546. The first-order valence-electron chi connectivity index (χ1n) is 5.89. The van der Waals surface area contributed by atoms with Crippen molar-refractivity contribution in [3.63, 3.8) is 0 Å². The molecule has 98 valence electrons. The van der Waals surface area contributed by atoms with Crippen molar-refractivity contribution in [3.8, 4) is 0 Å². The van der Waals surface area contributed by atoms with Crippen LogP contribution in [0.15, 0.2) is 29.5 Å². The summed E-state index contributed by atoms with van der Waals surface area (Å²) in [7, 11) is 0. The van der Waals surface area contributed by atoms with Gasteiger partial charge in [0.2, 0.25) is 0 Å². The number of nitrogens with zero attached hydrogens (tertiary/aromatic N) is 4.